The van der Waals surface area contributed by atoms with Gasteiger partial charge >= 0.3 is 0 Å². The first-order valence-corrected chi connectivity index (χ1v) is 7.61. The van der Waals surface area contributed by atoms with Crippen LogP contribution in [0.3, 0.4) is 0 Å². The van der Waals surface area contributed by atoms with Gasteiger partial charge in [-0.3, -0.25) is 10.1 Å². The average Bonchev–Trinajstić information content (AvgIpc) is 2.81. The molecule has 2 heterocycles. The van der Waals surface area contributed by atoms with E-state index in [0.717, 1.165) is 5.69 Å². The quantitative estimate of drug-likeness (QED) is 0.712. The zero-order valence-electron chi connectivity index (χ0n) is 11.3. The number of aromatic nitrogens is 3. The van der Waals surface area contributed by atoms with E-state index >= 15 is 0 Å². The number of hydrogen-bond donors (Lipinski definition) is 3. The Morgan fingerprint density at radius 2 is 2.10 bits per heavy atom. The van der Waals surface area contributed by atoms with Crippen molar-refractivity contribution in [3.8, 4) is 0 Å². The number of pyridine rings is 1. The summed E-state index contributed by atoms with van der Waals surface area (Å²) in [6.07, 6.45) is 1.62. The van der Waals surface area contributed by atoms with E-state index in [9.17, 15) is 8.42 Å². The smallest absolute Gasteiger partial charge is 0.260 e. The van der Waals surface area contributed by atoms with Crippen molar-refractivity contribution in [2.75, 3.05) is 7.05 Å². The van der Waals surface area contributed by atoms with Gasteiger partial charge in [0, 0.05) is 24.0 Å². The molecule has 0 unspecified atom stereocenters. The Bertz CT molecular complexity index is 666. The summed E-state index contributed by atoms with van der Waals surface area (Å²) in [6, 6.07) is 5.34. The average molecular weight is 295 g/mol. The molecule has 8 heteroatoms. The fourth-order valence-electron chi connectivity index (χ4n) is 1.78. The predicted molar refractivity (Wildman–Crippen MR) is 74.4 cm³/mol. The molecule has 0 aliphatic rings. The van der Waals surface area contributed by atoms with Crippen molar-refractivity contribution >= 4 is 10.0 Å². The molecule has 0 spiro atoms. The van der Waals surface area contributed by atoms with Crippen LogP contribution < -0.4 is 10.0 Å². The Morgan fingerprint density at radius 1 is 1.30 bits per heavy atom. The van der Waals surface area contributed by atoms with E-state index in [-0.39, 0.29) is 11.6 Å². The standard InChI is InChI=1S/C12H17N5O2S/c1-9-11(8-13-2)12(17-16-9)20(18,19)15-7-10-5-3-4-6-14-10/h3-6,13,15H,7-8H2,1-2H3,(H,16,17). The lowest BCUT2D eigenvalue weighted by Crippen LogP contribution is -2.25. The summed E-state index contributed by atoms with van der Waals surface area (Å²) in [5.74, 6) is 0. The maximum absolute atomic E-state index is 12.3. The maximum Gasteiger partial charge on any atom is 0.260 e. The molecule has 0 radical (unpaired) electrons. The molecular formula is C12H17N5O2S. The highest BCUT2D eigenvalue weighted by Crippen LogP contribution is 2.16. The molecule has 20 heavy (non-hydrogen) atoms. The fraction of sp³-hybridized carbons (Fsp3) is 0.333. The molecule has 2 aromatic rings. The van der Waals surface area contributed by atoms with Crippen molar-refractivity contribution in [3.05, 3.63) is 41.3 Å². The monoisotopic (exact) mass is 295 g/mol. The first-order chi connectivity index (χ1) is 9.54. The van der Waals surface area contributed by atoms with Gasteiger partial charge in [-0.2, -0.15) is 5.10 Å². The van der Waals surface area contributed by atoms with Crippen molar-refractivity contribution in [2.24, 2.45) is 0 Å². The fourth-order valence-corrected chi connectivity index (χ4v) is 2.97. The predicted octanol–water partition coefficient (Wildman–Crippen LogP) is 0.311. The van der Waals surface area contributed by atoms with E-state index in [1.165, 1.54) is 0 Å². The summed E-state index contributed by atoms with van der Waals surface area (Å²) >= 11 is 0. The second kappa shape index (κ2) is 6.12. The number of nitrogens with zero attached hydrogens (tertiary/aromatic N) is 2. The van der Waals surface area contributed by atoms with Gasteiger partial charge in [0.15, 0.2) is 5.03 Å². The largest absolute Gasteiger partial charge is 0.316 e. The minimum Gasteiger partial charge on any atom is -0.316 e. The zero-order valence-corrected chi connectivity index (χ0v) is 12.2. The van der Waals surface area contributed by atoms with Gasteiger partial charge in [-0.25, -0.2) is 13.1 Å². The van der Waals surface area contributed by atoms with Crippen LogP contribution in [-0.4, -0.2) is 30.6 Å². The van der Waals surface area contributed by atoms with Gasteiger partial charge < -0.3 is 5.32 Å². The van der Waals surface area contributed by atoms with Crippen LogP contribution in [-0.2, 0) is 23.1 Å². The summed E-state index contributed by atoms with van der Waals surface area (Å²) in [4.78, 5) is 4.07. The van der Waals surface area contributed by atoms with E-state index in [4.69, 9.17) is 0 Å². The number of aromatic amines is 1. The normalized spacial score (nSPS) is 11.7. The lowest BCUT2D eigenvalue weighted by atomic mass is 10.3. The number of nitrogens with one attached hydrogen (secondary N) is 3. The molecule has 0 saturated heterocycles. The number of hydrogen-bond acceptors (Lipinski definition) is 5. The summed E-state index contributed by atoms with van der Waals surface area (Å²) < 4.78 is 27.0. The van der Waals surface area contributed by atoms with E-state index in [0.29, 0.717) is 17.8 Å². The van der Waals surface area contributed by atoms with Gasteiger partial charge in [-0.05, 0) is 26.1 Å². The maximum atomic E-state index is 12.3. The summed E-state index contributed by atoms with van der Waals surface area (Å²) in [7, 11) is -1.91. The highest BCUT2D eigenvalue weighted by atomic mass is 32.2. The van der Waals surface area contributed by atoms with Crippen LogP contribution >= 0.6 is 0 Å². The first-order valence-electron chi connectivity index (χ1n) is 6.12. The third kappa shape index (κ3) is 3.21. The summed E-state index contributed by atoms with van der Waals surface area (Å²) in [5, 5.41) is 9.54. The SMILES string of the molecule is CNCc1c(S(=O)(=O)NCc2ccccn2)n[nH]c1C. The molecule has 0 atom stereocenters. The van der Waals surface area contributed by atoms with Crippen LogP contribution in [0.15, 0.2) is 29.4 Å². The van der Waals surface area contributed by atoms with Crippen LogP contribution in [0.1, 0.15) is 17.0 Å². The molecule has 0 bridgehead atoms. The van der Waals surface area contributed by atoms with E-state index in [2.05, 4.69) is 25.2 Å². The molecule has 0 fully saturated rings. The third-order valence-corrected chi connectivity index (χ3v) is 4.18. The van der Waals surface area contributed by atoms with Gasteiger partial charge in [0.2, 0.25) is 0 Å². The number of aryl methyl sites for hydroxylation is 1. The molecule has 108 valence electrons. The van der Waals surface area contributed by atoms with Gasteiger partial charge in [0.05, 0.1) is 12.2 Å². The highest BCUT2D eigenvalue weighted by molar-refractivity contribution is 7.89. The van der Waals surface area contributed by atoms with Crippen LogP contribution in [0, 0.1) is 6.92 Å². The van der Waals surface area contributed by atoms with Gasteiger partial charge in [0.1, 0.15) is 0 Å². The lowest BCUT2D eigenvalue weighted by molar-refractivity contribution is 0.574. The zero-order chi connectivity index (χ0) is 14.6. The molecule has 0 amide bonds. The van der Waals surface area contributed by atoms with Gasteiger partial charge in [-0.15, -0.1) is 0 Å². The molecule has 0 aliphatic carbocycles. The second-order valence-corrected chi connectivity index (χ2v) is 5.99. The molecule has 7 nitrogen and oxygen atoms in total. The van der Waals surface area contributed by atoms with Crippen LogP contribution in [0.4, 0.5) is 0 Å². The molecule has 0 aromatic carbocycles. The second-order valence-electron chi connectivity index (χ2n) is 4.31. The molecule has 0 aliphatic heterocycles. The minimum atomic E-state index is -3.66. The van der Waals surface area contributed by atoms with Crippen molar-refractivity contribution in [1.29, 1.82) is 0 Å². The van der Waals surface area contributed by atoms with Crippen molar-refractivity contribution in [2.45, 2.75) is 25.0 Å². The lowest BCUT2D eigenvalue weighted by Gasteiger charge is -2.06. The van der Waals surface area contributed by atoms with Crippen molar-refractivity contribution in [3.63, 3.8) is 0 Å². The highest BCUT2D eigenvalue weighted by Gasteiger charge is 2.23. The Hall–Kier alpha value is -1.77. The van der Waals surface area contributed by atoms with Gasteiger partial charge in [0.25, 0.3) is 10.0 Å². The molecule has 0 saturated carbocycles. The Kier molecular flexibility index (Phi) is 4.48. The molecule has 3 N–H and O–H groups in total. The number of rotatable bonds is 6. The Balaban J connectivity index is 2.18. The number of H-pyrrole nitrogens is 1. The number of sulfonamides is 1. The summed E-state index contributed by atoms with van der Waals surface area (Å²) in [6.45, 7) is 2.35. The van der Waals surface area contributed by atoms with Crippen LogP contribution in [0.2, 0.25) is 0 Å². The third-order valence-electron chi connectivity index (χ3n) is 2.81. The van der Waals surface area contributed by atoms with Crippen LogP contribution in [0.5, 0.6) is 0 Å². The van der Waals surface area contributed by atoms with E-state index in [1.54, 1.807) is 32.3 Å². The van der Waals surface area contributed by atoms with E-state index < -0.39 is 10.0 Å². The van der Waals surface area contributed by atoms with Gasteiger partial charge in [-0.1, -0.05) is 6.07 Å². The van der Waals surface area contributed by atoms with E-state index in [1.807, 2.05) is 6.07 Å². The van der Waals surface area contributed by atoms with Crippen molar-refractivity contribution < 1.29 is 8.42 Å². The first kappa shape index (κ1) is 14.6. The van der Waals surface area contributed by atoms with Crippen molar-refractivity contribution in [1.82, 2.24) is 25.2 Å². The minimum absolute atomic E-state index is 0.0280. The van der Waals surface area contributed by atoms with Crippen LogP contribution in [0.25, 0.3) is 0 Å². The molecule has 2 rings (SSSR count). The Morgan fingerprint density at radius 3 is 2.75 bits per heavy atom. The topological polar surface area (TPSA) is 99.8 Å². The molecule has 2 aromatic heterocycles. The molecular weight excluding hydrogens is 278 g/mol. The summed E-state index contributed by atoms with van der Waals surface area (Å²) in [5.41, 5.74) is 2.03. The Labute approximate surface area is 117 Å².